The van der Waals surface area contributed by atoms with Crippen molar-refractivity contribution < 1.29 is 23.5 Å². The number of rotatable bonds is 7. The maximum atomic E-state index is 13.0. The van der Waals surface area contributed by atoms with Crippen molar-refractivity contribution in [2.45, 2.75) is 25.6 Å². The van der Waals surface area contributed by atoms with Gasteiger partial charge in [-0.2, -0.15) is 5.10 Å². The zero-order chi connectivity index (χ0) is 21.9. The highest BCUT2D eigenvalue weighted by Gasteiger charge is 2.46. The van der Waals surface area contributed by atoms with Crippen LogP contribution in [0.3, 0.4) is 0 Å². The van der Waals surface area contributed by atoms with Crippen LogP contribution in [0.25, 0.3) is 0 Å². The van der Waals surface area contributed by atoms with Crippen LogP contribution in [0.2, 0.25) is 0 Å². The molecule has 1 aromatic carbocycles. The lowest BCUT2D eigenvalue weighted by Gasteiger charge is -2.40. The minimum absolute atomic E-state index is 0.0885. The number of nitrogens with zero attached hydrogens (tertiary/aromatic N) is 3. The van der Waals surface area contributed by atoms with Gasteiger partial charge in [0.2, 0.25) is 5.91 Å². The van der Waals surface area contributed by atoms with Crippen LogP contribution in [0.15, 0.2) is 30.3 Å². The Balaban J connectivity index is 1.74. The highest BCUT2D eigenvalue weighted by atomic mass is 19.1. The average molecular weight is 417 g/mol. The standard InChI is InChI=1S/C20H24FN5O4/c1-20(19(29)23-11-13-4-6-14(21)7-5-13)12-26-16(18(28)25(20)2)10-15(24-26)17(27)22-8-9-30-3/h4-7,10H,8-9,11-12H2,1-3H3,(H,22,27)(H,23,29)/t20-/m1/s1. The first kappa shape index (κ1) is 21.4. The van der Waals surface area contributed by atoms with Crippen LogP contribution in [-0.2, 0) is 22.6 Å². The van der Waals surface area contributed by atoms with Gasteiger partial charge in [-0.15, -0.1) is 0 Å². The number of halogens is 1. The third-order valence-electron chi connectivity index (χ3n) is 5.18. The summed E-state index contributed by atoms with van der Waals surface area (Å²) in [6.45, 7) is 2.58. The fourth-order valence-electron chi connectivity index (χ4n) is 3.17. The number of methoxy groups -OCH3 is 1. The van der Waals surface area contributed by atoms with E-state index < -0.39 is 17.4 Å². The monoisotopic (exact) mass is 417 g/mol. The molecule has 0 radical (unpaired) electrons. The predicted molar refractivity (Wildman–Crippen MR) is 105 cm³/mol. The number of nitrogens with one attached hydrogen (secondary N) is 2. The lowest BCUT2D eigenvalue weighted by molar-refractivity contribution is -0.132. The van der Waals surface area contributed by atoms with Crippen molar-refractivity contribution in [1.82, 2.24) is 25.3 Å². The molecule has 0 fully saturated rings. The molecule has 160 valence electrons. The van der Waals surface area contributed by atoms with Crippen molar-refractivity contribution in [2.75, 3.05) is 27.3 Å². The number of amides is 3. The van der Waals surface area contributed by atoms with Crippen LogP contribution in [0.1, 0.15) is 33.5 Å². The fourth-order valence-corrected chi connectivity index (χ4v) is 3.17. The lowest BCUT2D eigenvalue weighted by atomic mass is 9.96. The number of aromatic nitrogens is 2. The van der Waals surface area contributed by atoms with E-state index in [4.69, 9.17) is 4.74 Å². The molecule has 3 rings (SSSR count). The minimum Gasteiger partial charge on any atom is -0.383 e. The number of ether oxygens (including phenoxy) is 1. The Hall–Kier alpha value is -3.27. The first-order valence-corrected chi connectivity index (χ1v) is 9.42. The summed E-state index contributed by atoms with van der Waals surface area (Å²) in [5.41, 5.74) is -0.148. The molecule has 1 atom stereocenters. The van der Waals surface area contributed by atoms with Gasteiger partial charge < -0.3 is 20.3 Å². The van der Waals surface area contributed by atoms with Crippen LogP contribution in [-0.4, -0.2) is 65.2 Å². The van der Waals surface area contributed by atoms with Gasteiger partial charge in [-0.05, 0) is 24.6 Å². The van der Waals surface area contributed by atoms with E-state index in [0.717, 1.165) is 5.56 Å². The second kappa shape index (κ2) is 8.62. The summed E-state index contributed by atoms with van der Waals surface area (Å²) in [5, 5.41) is 9.65. The summed E-state index contributed by atoms with van der Waals surface area (Å²) >= 11 is 0. The molecule has 0 bridgehead atoms. The van der Waals surface area contributed by atoms with Crippen LogP contribution >= 0.6 is 0 Å². The molecule has 10 heteroatoms. The van der Waals surface area contributed by atoms with E-state index in [2.05, 4.69) is 15.7 Å². The second-order valence-corrected chi connectivity index (χ2v) is 7.27. The van der Waals surface area contributed by atoms with Gasteiger partial charge >= 0.3 is 0 Å². The fraction of sp³-hybridized carbons (Fsp3) is 0.400. The smallest absolute Gasteiger partial charge is 0.272 e. The van der Waals surface area contributed by atoms with E-state index in [-0.39, 0.29) is 36.2 Å². The molecule has 1 aliphatic rings. The quantitative estimate of drug-likeness (QED) is 0.641. The molecule has 2 aromatic rings. The first-order valence-electron chi connectivity index (χ1n) is 9.42. The number of fused-ring (bicyclic) bond motifs is 1. The summed E-state index contributed by atoms with van der Waals surface area (Å²) < 4.78 is 19.3. The number of carbonyl (C=O) groups excluding carboxylic acids is 3. The molecule has 2 N–H and O–H groups in total. The zero-order valence-electron chi connectivity index (χ0n) is 17.1. The third-order valence-corrected chi connectivity index (χ3v) is 5.18. The van der Waals surface area contributed by atoms with Gasteiger partial charge in [0.05, 0.1) is 13.2 Å². The number of carbonyl (C=O) groups is 3. The molecule has 30 heavy (non-hydrogen) atoms. The summed E-state index contributed by atoms with van der Waals surface area (Å²) in [6.07, 6.45) is 0. The van der Waals surface area contributed by atoms with Crippen molar-refractivity contribution in [3.63, 3.8) is 0 Å². The molecular weight excluding hydrogens is 393 g/mol. The highest BCUT2D eigenvalue weighted by molar-refractivity contribution is 6.01. The Kier molecular flexibility index (Phi) is 6.16. The molecular formula is C20H24FN5O4. The first-order chi connectivity index (χ1) is 14.3. The molecule has 2 heterocycles. The summed E-state index contributed by atoms with van der Waals surface area (Å²) in [7, 11) is 3.06. The third kappa shape index (κ3) is 4.18. The summed E-state index contributed by atoms with van der Waals surface area (Å²) in [5.74, 6) is -1.58. The molecule has 0 spiro atoms. The maximum absolute atomic E-state index is 13.0. The van der Waals surface area contributed by atoms with Crippen molar-refractivity contribution in [2.24, 2.45) is 0 Å². The van der Waals surface area contributed by atoms with Crippen LogP contribution in [0.4, 0.5) is 4.39 Å². The Morgan fingerprint density at radius 3 is 2.63 bits per heavy atom. The van der Waals surface area contributed by atoms with E-state index in [9.17, 15) is 18.8 Å². The van der Waals surface area contributed by atoms with E-state index in [1.54, 1.807) is 19.1 Å². The predicted octanol–water partition coefficient (Wildman–Crippen LogP) is 0.559. The van der Waals surface area contributed by atoms with E-state index in [0.29, 0.717) is 13.2 Å². The van der Waals surface area contributed by atoms with E-state index in [1.165, 1.54) is 41.9 Å². The summed E-state index contributed by atoms with van der Waals surface area (Å²) in [6, 6.07) is 7.20. The topological polar surface area (TPSA) is 106 Å². The van der Waals surface area contributed by atoms with Crippen molar-refractivity contribution in [3.8, 4) is 0 Å². The van der Waals surface area contributed by atoms with Crippen molar-refractivity contribution in [3.05, 3.63) is 53.1 Å². The van der Waals surface area contributed by atoms with Crippen molar-refractivity contribution >= 4 is 17.7 Å². The lowest BCUT2D eigenvalue weighted by Crippen LogP contribution is -2.62. The average Bonchev–Trinajstić information content (AvgIpc) is 3.15. The zero-order valence-corrected chi connectivity index (χ0v) is 17.1. The van der Waals surface area contributed by atoms with Gasteiger partial charge in [-0.25, -0.2) is 4.39 Å². The van der Waals surface area contributed by atoms with Gasteiger partial charge in [-0.1, -0.05) is 12.1 Å². The van der Waals surface area contributed by atoms with Crippen molar-refractivity contribution in [1.29, 1.82) is 0 Å². The van der Waals surface area contributed by atoms with Gasteiger partial charge in [0.15, 0.2) is 5.69 Å². The van der Waals surface area contributed by atoms with Gasteiger partial charge in [-0.3, -0.25) is 19.1 Å². The van der Waals surface area contributed by atoms with E-state index in [1.807, 2.05) is 0 Å². The largest absolute Gasteiger partial charge is 0.383 e. The normalized spacial score (nSPS) is 18.1. The Labute approximate surface area is 173 Å². The highest BCUT2D eigenvalue weighted by Crippen LogP contribution is 2.26. The Morgan fingerprint density at radius 2 is 1.97 bits per heavy atom. The molecule has 1 aromatic heterocycles. The minimum atomic E-state index is -1.21. The molecule has 1 aliphatic heterocycles. The Bertz CT molecular complexity index is 959. The SMILES string of the molecule is COCCNC(=O)c1cc2n(n1)C[C@](C)(C(=O)NCc1ccc(F)cc1)N(C)C2=O. The molecule has 0 saturated carbocycles. The molecule has 0 saturated heterocycles. The number of hydrogen-bond donors (Lipinski definition) is 2. The van der Waals surface area contributed by atoms with Crippen LogP contribution in [0.5, 0.6) is 0 Å². The maximum Gasteiger partial charge on any atom is 0.272 e. The van der Waals surface area contributed by atoms with Crippen LogP contribution in [0, 0.1) is 5.82 Å². The molecule has 0 aliphatic carbocycles. The number of hydrogen-bond acceptors (Lipinski definition) is 5. The summed E-state index contributed by atoms with van der Waals surface area (Å²) in [4.78, 5) is 39.3. The Morgan fingerprint density at radius 1 is 1.27 bits per heavy atom. The molecule has 9 nitrogen and oxygen atoms in total. The van der Waals surface area contributed by atoms with Gasteiger partial charge in [0.25, 0.3) is 11.8 Å². The van der Waals surface area contributed by atoms with Gasteiger partial charge in [0, 0.05) is 33.3 Å². The van der Waals surface area contributed by atoms with Gasteiger partial charge in [0.1, 0.15) is 17.1 Å². The van der Waals surface area contributed by atoms with Crippen LogP contribution < -0.4 is 10.6 Å². The number of likely N-dealkylation sites (N-methyl/N-ethyl adjacent to an activating group) is 1. The molecule has 3 amide bonds. The molecule has 0 unspecified atom stereocenters. The van der Waals surface area contributed by atoms with E-state index >= 15 is 0 Å². The second-order valence-electron chi connectivity index (χ2n) is 7.27. The number of benzene rings is 1.